The third kappa shape index (κ3) is 4.38. The molecule has 0 N–H and O–H groups in total. The average molecular weight is 636 g/mol. The van der Waals surface area contributed by atoms with E-state index in [0.29, 0.717) is 16.7 Å². The number of hydrogen-bond donors (Lipinski definition) is 0. The van der Waals surface area contributed by atoms with Crippen LogP contribution >= 0.6 is 0 Å². The van der Waals surface area contributed by atoms with Gasteiger partial charge in [-0.3, -0.25) is 0 Å². The number of nitriles is 3. The monoisotopic (exact) mass is 635 g/mol. The molecule has 9 rings (SSSR count). The van der Waals surface area contributed by atoms with Gasteiger partial charge in [0.25, 0.3) is 0 Å². The zero-order valence-corrected chi connectivity index (χ0v) is 26.7. The molecule has 2 heterocycles. The average Bonchev–Trinajstić information content (AvgIpc) is 3.69. The topological polar surface area (TPSA) is 81.2 Å². The highest BCUT2D eigenvalue weighted by atomic mass is 15.0. The van der Waals surface area contributed by atoms with Crippen molar-refractivity contribution < 1.29 is 0 Å². The van der Waals surface area contributed by atoms with Crippen LogP contribution in [-0.2, 0) is 0 Å². The molecule has 0 saturated heterocycles. The van der Waals surface area contributed by atoms with Crippen molar-refractivity contribution in [3.05, 3.63) is 168 Å². The molecule has 2 aromatic heterocycles. The van der Waals surface area contributed by atoms with E-state index < -0.39 is 0 Å². The van der Waals surface area contributed by atoms with Crippen LogP contribution in [0.15, 0.2) is 152 Å². The number of fused-ring (bicyclic) bond motifs is 6. The molecule has 0 spiro atoms. The molecule has 0 saturated carbocycles. The lowest BCUT2D eigenvalue weighted by atomic mass is 9.94. The van der Waals surface area contributed by atoms with Gasteiger partial charge in [0.2, 0.25) is 0 Å². The van der Waals surface area contributed by atoms with Gasteiger partial charge in [-0.2, -0.15) is 15.8 Å². The molecule has 0 bridgehead atoms. The highest BCUT2D eigenvalue weighted by molar-refractivity contribution is 6.11. The molecular formula is C45H25N5. The van der Waals surface area contributed by atoms with E-state index in [-0.39, 0.29) is 0 Å². The maximum atomic E-state index is 10.4. The van der Waals surface area contributed by atoms with Gasteiger partial charge in [-0.1, -0.05) is 84.9 Å². The Bertz CT molecular complexity index is 2900. The van der Waals surface area contributed by atoms with Crippen molar-refractivity contribution in [3.63, 3.8) is 0 Å². The highest BCUT2D eigenvalue weighted by Gasteiger charge is 2.17. The standard InChI is InChI=1S/C45H25N5/c46-26-29-14-22-44-40(23-29)39-20-13-30(27-47)24-45(39)49(44)34-18-15-31(16-19-34)35-21-17-32(25-33(35)28-48)36-7-1-4-10-41(36)50-42-11-5-2-8-37(42)38-9-3-6-12-43(38)50/h1-25H. The van der Waals surface area contributed by atoms with Gasteiger partial charge in [-0.25, -0.2) is 0 Å². The molecule has 0 aliphatic heterocycles. The molecule has 5 nitrogen and oxygen atoms in total. The molecule has 0 fully saturated rings. The summed E-state index contributed by atoms with van der Waals surface area (Å²) in [4.78, 5) is 0. The lowest BCUT2D eigenvalue weighted by Gasteiger charge is -2.15. The number of aromatic nitrogens is 2. The minimum atomic E-state index is 0.567. The number of nitrogens with zero attached hydrogens (tertiary/aromatic N) is 5. The predicted molar refractivity (Wildman–Crippen MR) is 200 cm³/mol. The van der Waals surface area contributed by atoms with Gasteiger partial charge in [-0.15, -0.1) is 0 Å². The van der Waals surface area contributed by atoms with Gasteiger partial charge in [0.15, 0.2) is 0 Å². The fraction of sp³-hybridized carbons (Fsp3) is 0. The molecule has 0 aliphatic rings. The highest BCUT2D eigenvalue weighted by Crippen LogP contribution is 2.38. The van der Waals surface area contributed by atoms with Gasteiger partial charge in [0, 0.05) is 32.8 Å². The van der Waals surface area contributed by atoms with Crippen molar-refractivity contribution in [2.24, 2.45) is 0 Å². The zero-order valence-electron chi connectivity index (χ0n) is 26.7. The largest absolute Gasteiger partial charge is 0.309 e. The van der Waals surface area contributed by atoms with E-state index in [4.69, 9.17) is 0 Å². The summed E-state index contributed by atoms with van der Waals surface area (Å²) < 4.78 is 4.43. The molecule has 0 unspecified atom stereocenters. The van der Waals surface area contributed by atoms with Crippen LogP contribution < -0.4 is 0 Å². The molecule has 5 heteroatoms. The third-order valence-corrected chi connectivity index (χ3v) is 9.64. The van der Waals surface area contributed by atoms with E-state index in [1.54, 1.807) is 0 Å². The molecular weight excluding hydrogens is 611 g/mol. The Morgan fingerprint density at radius 1 is 0.380 bits per heavy atom. The van der Waals surface area contributed by atoms with Gasteiger partial charge in [0.05, 0.1) is 62.7 Å². The Hall–Kier alpha value is -7.39. The second-order valence-electron chi connectivity index (χ2n) is 12.3. The Morgan fingerprint density at radius 2 is 0.980 bits per heavy atom. The van der Waals surface area contributed by atoms with E-state index in [1.807, 2.05) is 78.9 Å². The summed E-state index contributed by atoms with van der Waals surface area (Å²) >= 11 is 0. The molecule has 0 aliphatic carbocycles. The minimum absolute atomic E-state index is 0.567. The first-order valence-electron chi connectivity index (χ1n) is 16.3. The number of hydrogen-bond acceptors (Lipinski definition) is 3. The third-order valence-electron chi connectivity index (χ3n) is 9.64. The summed E-state index contributed by atoms with van der Waals surface area (Å²) in [7, 11) is 0. The molecule has 230 valence electrons. The maximum Gasteiger partial charge on any atom is 0.0998 e. The quantitative estimate of drug-likeness (QED) is 0.193. The summed E-state index contributed by atoms with van der Waals surface area (Å²) in [6.07, 6.45) is 0. The first kappa shape index (κ1) is 28.8. The van der Waals surface area contributed by atoms with E-state index in [2.05, 4.69) is 100 Å². The van der Waals surface area contributed by atoms with Gasteiger partial charge < -0.3 is 9.13 Å². The Labute approximate surface area is 287 Å². The van der Waals surface area contributed by atoms with Crippen molar-refractivity contribution in [1.82, 2.24) is 9.13 Å². The second kappa shape index (κ2) is 11.4. The molecule has 50 heavy (non-hydrogen) atoms. The fourth-order valence-corrected chi connectivity index (χ4v) is 7.38. The van der Waals surface area contributed by atoms with Crippen LogP contribution in [-0.4, -0.2) is 9.13 Å². The number of rotatable bonds is 4. The van der Waals surface area contributed by atoms with E-state index >= 15 is 0 Å². The lowest BCUT2D eigenvalue weighted by molar-refractivity contribution is 1.18. The first-order valence-corrected chi connectivity index (χ1v) is 16.3. The van der Waals surface area contributed by atoms with Crippen LogP contribution in [0.1, 0.15) is 16.7 Å². The van der Waals surface area contributed by atoms with E-state index in [0.717, 1.165) is 66.5 Å². The second-order valence-corrected chi connectivity index (χ2v) is 12.3. The Kier molecular flexibility index (Phi) is 6.56. The van der Waals surface area contributed by atoms with Gasteiger partial charge in [0.1, 0.15) is 0 Å². The summed E-state index contributed by atoms with van der Waals surface area (Å²) in [6, 6.07) is 57.8. The van der Waals surface area contributed by atoms with Crippen molar-refractivity contribution in [2.45, 2.75) is 0 Å². The predicted octanol–water partition coefficient (Wildman–Crippen LogP) is 10.8. The van der Waals surface area contributed by atoms with Crippen molar-refractivity contribution >= 4 is 43.6 Å². The van der Waals surface area contributed by atoms with Gasteiger partial charge in [-0.05, 0) is 83.4 Å². The number of para-hydroxylation sites is 3. The van der Waals surface area contributed by atoms with Crippen molar-refractivity contribution in [3.8, 4) is 51.8 Å². The van der Waals surface area contributed by atoms with Gasteiger partial charge >= 0.3 is 0 Å². The normalized spacial score (nSPS) is 11.1. The van der Waals surface area contributed by atoms with E-state index in [9.17, 15) is 15.8 Å². The molecule has 0 radical (unpaired) electrons. The Morgan fingerprint density at radius 3 is 1.70 bits per heavy atom. The van der Waals surface area contributed by atoms with Crippen LogP contribution in [0.5, 0.6) is 0 Å². The van der Waals surface area contributed by atoms with Crippen LogP contribution in [0.3, 0.4) is 0 Å². The van der Waals surface area contributed by atoms with Crippen molar-refractivity contribution in [2.75, 3.05) is 0 Å². The molecule has 0 atom stereocenters. The summed E-state index contributed by atoms with van der Waals surface area (Å²) in [6.45, 7) is 0. The SMILES string of the molecule is N#Cc1ccc2c(c1)c1ccc(C#N)cc1n2-c1ccc(-c2ccc(-c3ccccc3-n3c4ccccc4c4ccccc43)cc2C#N)cc1. The van der Waals surface area contributed by atoms with Crippen LogP contribution in [0.25, 0.3) is 77.2 Å². The van der Waals surface area contributed by atoms with E-state index in [1.165, 1.54) is 10.8 Å². The molecule has 7 aromatic carbocycles. The summed E-state index contributed by atoms with van der Waals surface area (Å²) in [5, 5.41) is 33.9. The Balaban J connectivity index is 1.14. The summed E-state index contributed by atoms with van der Waals surface area (Å²) in [5.74, 6) is 0. The fourth-order valence-electron chi connectivity index (χ4n) is 7.38. The van der Waals surface area contributed by atoms with Crippen LogP contribution in [0, 0.1) is 34.0 Å². The minimum Gasteiger partial charge on any atom is -0.309 e. The first-order chi connectivity index (χ1) is 24.7. The maximum absolute atomic E-state index is 10.4. The van der Waals surface area contributed by atoms with Crippen molar-refractivity contribution in [1.29, 1.82) is 15.8 Å². The lowest BCUT2D eigenvalue weighted by Crippen LogP contribution is -1.97. The van der Waals surface area contributed by atoms with Crippen LogP contribution in [0.2, 0.25) is 0 Å². The van der Waals surface area contributed by atoms with Crippen LogP contribution in [0.4, 0.5) is 0 Å². The zero-order chi connectivity index (χ0) is 33.8. The molecule has 9 aromatic rings. The number of benzene rings is 7. The summed E-state index contributed by atoms with van der Waals surface area (Å²) in [5.41, 5.74) is 11.6. The smallest absolute Gasteiger partial charge is 0.0998 e. The molecule has 0 amide bonds.